The Labute approximate surface area is 126 Å². The number of hydrogen-bond donors (Lipinski definition) is 1. The first kappa shape index (κ1) is 15.6. The zero-order valence-electron chi connectivity index (χ0n) is 12.5. The van der Waals surface area contributed by atoms with Gasteiger partial charge in [-0.05, 0) is 19.1 Å². The maximum absolute atomic E-state index is 12.6. The number of esters is 2. The number of nitrogens with zero attached hydrogens (tertiary/aromatic N) is 1. The molecule has 0 spiro atoms. The van der Waals surface area contributed by atoms with Crippen molar-refractivity contribution in [2.45, 2.75) is 12.8 Å². The molecule has 116 valence electrons. The Bertz CT molecular complexity index is 729. The molecule has 0 fully saturated rings. The zero-order chi connectivity index (χ0) is 16.3. The SMILES string of the molecule is COC(=O)C(C(=O)OC)c1c(C)[nH]n(-c2ccccc2)c1=O. The van der Waals surface area contributed by atoms with Crippen molar-refractivity contribution in [2.75, 3.05) is 14.2 Å². The number of aromatic amines is 1. The Morgan fingerprint density at radius 2 is 1.64 bits per heavy atom. The van der Waals surface area contributed by atoms with Gasteiger partial charge in [-0.2, -0.15) is 0 Å². The van der Waals surface area contributed by atoms with E-state index in [0.717, 1.165) is 14.2 Å². The maximum atomic E-state index is 12.6. The lowest BCUT2D eigenvalue weighted by molar-refractivity contribution is -0.154. The van der Waals surface area contributed by atoms with Crippen LogP contribution in [0, 0.1) is 6.92 Å². The number of aryl methyl sites for hydroxylation is 1. The van der Waals surface area contributed by atoms with Crippen molar-refractivity contribution in [3.8, 4) is 5.69 Å². The third-order valence-electron chi connectivity index (χ3n) is 3.29. The lowest BCUT2D eigenvalue weighted by Crippen LogP contribution is -2.30. The van der Waals surface area contributed by atoms with Gasteiger partial charge in [0.25, 0.3) is 5.56 Å². The number of benzene rings is 1. The number of nitrogens with one attached hydrogen (secondary N) is 1. The predicted octanol–water partition coefficient (Wildman–Crippen LogP) is 0.904. The number of methoxy groups -OCH3 is 2. The number of hydrogen-bond acceptors (Lipinski definition) is 5. The Balaban J connectivity index is 2.61. The molecule has 0 atom stereocenters. The molecule has 2 aromatic rings. The molecule has 1 heterocycles. The summed E-state index contributed by atoms with van der Waals surface area (Å²) in [4.78, 5) is 36.3. The molecule has 0 unspecified atom stereocenters. The van der Waals surface area contributed by atoms with Gasteiger partial charge in [-0.3, -0.25) is 19.5 Å². The lowest BCUT2D eigenvalue weighted by Gasteiger charge is -2.10. The molecule has 22 heavy (non-hydrogen) atoms. The van der Waals surface area contributed by atoms with Crippen LogP contribution in [-0.2, 0) is 19.1 Å². The first-order chi connectivity index (χ1) is 10.5. The Kier molecular flexibility index (Phi) is 4.45. The molecule has 2 rings (SSSR count). The summed E-state index contributed by atoms with van der Waals surface area (Å²) in [6.45, 7) is 1.61. The van der Waals surface area contributed by atoms with Crippen LogP contribution in [0.2, 0.25) is 0 Å². The summed E-state index contributed by atoms with van der Waals surface area (Å²) in [6.07, 6.45) is 0. The lowest BCUT2D eigenvalue weighted by atomic mass is 10.00. The molecule has 0 aliphatic carbocycles. The van der Waals surface area contributed by atoms with Crippen LogP contribution in [0.5, 0.6) is 0 Å². The summed E-state index contributed by atoms with van der Waals surface area (Å²) in [6, 6.07) is 8.82. The summed E-state index contributed by atoms with van der Waals surface area (Å²) in [5.74, 6) is -3.10. The normalized spacial score (nSPS) is 10.5. The number of carbonyl (C=O) groups is 2. The smallest absolute Gasteiger partial charge is 0.324 e. The molecule has 7 nitrogen and oxygen atoms in total. The number of carbonyl (C=O) groups excluding carboxylic acids is 2. The van der Waals surface area contributed by atoms with Gasteiger partial charge in [-0.25, -0.2) is 4.68 Å². The van der Waals surface area contributed by atoms with Crippen molar-refractivity contribution >= 4 is 11.9 Å². The van der Waals surface area contributed by atoms with E-state index in [1.807, 2.05) is 6.07 Å². The quantitative estimate of drug-likeness (QED) is 0.669. The first-order valence-corrected chi connectivity index (χ1v) is 6.53. The molecule has 1 aromatic heterocycles. The zero-order valence-corrected chi connectivity index (χ0v) is 12.5. The topological polar surface area (TPSA) is 90.4 Å². The van der Waals surface area contributed by atoms with Crippen LogP contribution in [0.15, 0.2) is 35.1 Å². The Hall–Kier alpha value is -2.83. The number of aromatic nitrogens is 2. The van der Waals surface area contributed by atoms with Crippen molar-refractivity contribution in [3.63, 3.8) is 0 Å². The highest BCUT2D eigenvalue weighted by atomic mass is 16.5. The maximum Gasteiger partial charge on any atom is 0.324 e. The fourth-order valence-corrected chi connectivity index (χ4v) is 2.23. The van der Waals surface area contributed by atoms with Gasteiger partial charge >= 0.3 is 11.9 Å². The van der Waals surface area contributed by atoms with Crippen LogP contribution < -0.4 is 5.56 Å². The highest BCUT2D eigenvalue weighted by Gasteiger charge is 2.36. The van der Waals surface area contributed by atoms with E-state index in [1.54, 1.807) is 31.2 Å². The molecule has 0 saturated carbocycles. The van der Waals surface area contributed by atoms with Crippen LogP contribution in [0.1, 0.15) is 17.2 Å². The fraction of sp³-hybridized carbons (Fsp3) is 0.267. The van der Waals surface area contributed by atoms with Crippen molar-refractivity contribution in [1.29, 1.82) is 0 Å². The summed E-state index contributed by atoms with van der Waals surface area (Å²) >= 11 is 0. The number of rotatable bonds is 4. The molecule has 7 heteroatoms. The predicted molar refractivity (Wildman–Crippen MR) is 77.9 cm³/mol. The third-order valence-corrected chi connectivity index (χ3v) is 3.29. The molecule has 0 aliphatic rings. The van der Waals surface area contributed by atoms with Crippen LogP contribution in [-0.4, -0.2) is 35.9 Å². The van der Waals surface area contributed by atoms with E-state index in [-0.39, 0.29) is 5.56 Å². The third kappa shape index (κ3) is 2.65. The number of ether oxygens (including phenoxy) is 2. The van der Waals surface area contributed by atoms with E-state index in [9.17, 15) is 14.4 Å². The van der Waals surface area contributed by atoms with Gasteiger partial charge in [0.15, 0.2) is 5.92 Å². The Morgan fingerprint density at radius 1 is 1.09 bits per heavy atom. The van der Waals surface area contributed by atoms with Crippen LogP contribution in [0.3, 0.4) is 0 Å². The molecular formula is C15H16N2O5. The van der Waals surface area contributed by atoms with Gasteiger partial charge in [-0.15, -0.1) is 0 Å². The van der Waals surface area contributed by atoms with Crippen molar-refractivity contribution < 1.29 is 19.1 Å². The van der Waals surface area contributed by atoms with Crippen molar-refractivity contribution in [2.24, 2.45) is 0 Å². The van der Waals surface area contributed by atoms with Crippen molar-refractivity contribution in [1.82, 2.24) is 9.78 Å². The molecular weight excluding hydrogens is 288 g/mol. The first-order valence-electron chi connectivity index (χ1n) is 6.53. The second-order valence-electron chi connectivity index (χ2n) is 4.61. The van der Waals surface area contributed by atoms with Crippen molar-refractivity contribution in [3.05, 3.63) is 51.9 Å². The minimum Gasteiger partial charge on any atom is -0.468 e. The largest absolute Gasteiger partial charge is 0.468 e. The van der Waals surface area contributed by atoms with Gasteiger partial charge in [0.05, 0.1) is 25.5 Å². The summed E-state index contributed by atoms with van der Waals surface area (Å²) in [5, 5.41) is 2.86. The minimum absolute atomic E-state index is 0.0163. The summed E-state index contributed by atoms with van der Waals surface area (Å²) < 4.78 is 10.5. The summed E-state index contributed by atoms with van der Waals surface area (Å²) in [5.41, 5.74) is 0.511. The van der Waals surface area contributed by atoms with Gasteiger partial charge in [0.1, 0.15) is 0 Å². The molecule has 0 saturated heterocycles. The van der Waals surface area contributed by atoms with Gasteiger partial charge in [0, 0.05) is 5.69 Å². The fourth-order valence-electron chi connectivity index (χ4n) is 2.23. The van der Waals surface area contributed by atoms with Gasteiger partial charge in [-0.1, -0.05) is 18.2 Å². The second-order valence-corrected chi connectivity index (χ2v) is 4.61. The van der Waals surface area contributed by atoms with Crippen LogP contribution >= 0.6 is 0 Å². The second kappa shape index (κ2) is 6.30. The highest BCUT2D eigenvalue weighted by molar-refractivity contribution is 6.00. The molecule has 1 aromatic carbocycles. The number of para-hydroxylation sites is 1. The standard InChI is InChI=1S/C15H16N2O5/c1-9-11(12(14(19)21-2)15(20)22-3)13(18)17(16-9)10-7-5-4-6-8-10/h4-8,12,16H,1-3H3. The van der Waals surface area contributed by atoms with Gasteiger partial charge in [0.2, 0.25) is 0 Å². The monoisotopic (exact) mass is 304 g/mol. The summed E-state index contributed by atoms with van der Waals surface area (Å²) in [7, 11) is 2.30. The van der Waals surface area contributed by atoms with E-state index >= 15 is 0 Å². The molecule has 0 bridgehead atoms. The minimum atomic E-state index is -1.41. The molecule has 0 radical (unpaired) electrons. The van der Waals surface area contributed by atoms with Crippen LogP contribution in [0.25, 0.3) is 5.69 Å². The molecule has 0 amide bonds. The highest BCUT2D eigenvalue weighted by Crippen LogP contribution is 2.19. The van der Waals surface area contributed by atoms with E-state index in [2.05, 4.69) is 14.6 Å². The molecule has 1 N–H and O–H groups in total. The Morgan fingerprint density at radius 3 is 2.14 bits per heavy atom. The van der Waals surface area contributed by atoms with E-state index in [1.165, 1.54) is 4.68 Å². The van der Waals surface area contributed by atoms with E-state index in [0.29, 0.717) is 11.4 Å². The average Bonchev–Trinajstić information content (AvgIpc) is 2.83. The van der Waals surface area contributed by atoms with E-state index in [4.69, 9.17) is 0 Å². The average molecular weight is 304 g/mol. The van der Waals surface area contributed by atoms with E-state index < -0.39 is 23.4 Å². The molecule has 0 aliphatic heterocycles. The van der Waals surface area contributed by atoms with Gasteiger partial charge < -0.3 is 9.47 Å². The number of H-pyrrole nitrogens is 1. The van der Waals surface area contributed by atoms with Crippen LogP contribution in [0.4, 0.5) is 0 Å².